The van der Waals surface area contributed by atoms with Crippen molar-refractivity contribution in [2.75, 3.05) is 13.7 Å². The predicted molar refractivity (Wildman–Crippen MR) is 71.6 cm³/mol. The molecular formula is C14H18FNO4. The number of aliphatic carboxylic acids is 1. The number of rotatable bonds is 8. The molecule has 1 aromatic rings. The van der Waals surface area contributed by atoms with Gasteiger partial charge in [0.25, 0.3) is 0 Å². The van der Waals surface area contributed by atoms with Crippen molar-refractivity contribution in [3.8, 4) is 5.75 Å². The van der Waals surface area contributed by atoms with Gasteiger partial charge in [-0.3, -0.25) is 9.59 Å². The largest absolute Gasteiger partial charge is 0.494 e. The summed E-state index contributed by atoms with van der Waals surface area (Å²) in [6.07, 6.45) is 0.423. The monoisotopic (exact) mass is 283 g/mol. The summed E-state index contributed by atoms with van der Waals surface area (Å²) in [6.45, 7) is 2.42. The van der Waals surface area contributed by atoms with E-state index in [9.17, 15) is 14.0 Å². The molecule has 2 N–H and O–H groups in total. The van der Waals surface area contributed by atoms with Crippen LogP contribution in [0.3, 0.4) is 0 Å². The molecule has 110 valence electrons. The maximum atomic E-state index is 13.6. The Kier molecular flexibility index (Phi) is 6.11. The second kappa shape index (κ2) is 7.59. The van der Waals surface area contributed by atoms with E-state index in [0.29, 0.717) is 6.54 Å². The van der Waals surface area contributed by atoms with Crippen LogP contribution in [-0.2, 0) is 4.79 Å². The number of nitrogens with one attached hydrogen (secondary N) is 1. The number of methoxy groups -OCH3 is 1. The van der Waals surface area contributed by atoms with E-state index in [1.165, 1.54) is 19.2 Å². The molecule has 0 radical (unpaired) electrons. The molecule has 1 aromatic carbocycles. The zero-order valence-corrected chi connectivity index (χ0v) is 11.5. The van der Waals surface area contributed by atoms with Crippen molar-refractivity contribution in [2.24, 2.45) is 0 Å². The summed E-state index contributed by atoms with van der Waals surface area (Å²) in [7, 11) is 1.33. The highest BCUT2D eigenvalue weighted by atomic mass is 19.1. The van der Waals surface area contributed by atoms with E-state index in [2.05, 4.69) is 5.32 Å². The molecule has 0 fully saturated rings. The van der Waals surface area contributed by atoms with Crippen molar-refractivity contribution in [2.45, 2.75) is 25.8 Å². The van der Waals surface area contributed by atoms with Crippen LogP contribution in [0.4, 0.5) is 4.39 Å². The van der Waals surface area contributed by atoms with E-state index in [1.807, 2.05) is 6.92 Å². The van der Waals surface area contributed by atoms with E-state index < -0.39 is 23.6 Å². The summed E-state index contributed by atoms with van der Waals surface area (Å²) < 4.78 is 18.3. The van der Waals surface area contributed by atoms with Gasteiger partial charge in [-0.05, 0) is 31.2 Å². The van der Waals surface area contributed by atoms with E-state index in [4.69, 9.17) is 9.84 Å². The first-order valence-corrected chi connectivity index (χ1v) is 6.32. The molecule has 1 rings (SSSR count). The number of carbonyl (C=O) groups is 2. The topological polar surface area (TPSA) is 75.6 Å². The zero-order chi connectivity index (χ0) is 15.1. The first-order valence-electron chi connectivity index (χ1n) is 6.32. The Bertz CT molecular complexity index is 490. The maximum absolute atomic E-state index is 13.6. The minimum atomic E-state index is -1.08. The van der Waals surface area contributed by atoms with E-state index in [-0.39, 0.29) is 17.7 Å². The van der Waals surface area contributed by atoms with Crippen LogP contribution in [0.1, 0.15) is 30.1 Å². The molecule has 1 unspecified atom stereocenters. The summed E-state index contributed by atoms with van der Waals surface area (Å²) in [5, 5.41) is 11.7. The normalized spacial score (nSPS) is 11.9. The fourth-order valence-corrected chi connectivity index (χ4v) is 1.77. The smallest absolute Gasteiger partial charge is 0.305 e. The number of ketones is 1. The number of benzene rings is 1. The quantitative estimate of drug-likeness (QED) is 0.712. The van der Waals surface area contributed by atoms with Crippen molar-refractivity contribution in [3.63, 3.8) is 0 Å². The predicted octanol–water partition coefficient (Wildman–Crippen LogP) is 1.86. The van der Waals surface area contributed by atoms with Crippen LogP contribution in [0.15, 0.2) is 18.2 Å². The Labute approximate surface area is 116 Å². The number of carbonyl (C=O) groups excluding carboxylic acids is 1. The Balaban J connectivity index is 2.92. The Morgan fingerprint density at radius 3 is 2.65 bits per heavy atom. The number of Topliss-reactive ketones (excluding diaryl/α,β-unsaturated/α-hetero) is 1. The van der Waals surface area contributed by atoms with Crippen LogP contribution in [0.25, 0.3) is 0 Å². The lowest BCUT2D eigenvalue weighted by molar-refractivity contribution is -0.137. The second-order valence-corrected chi connectivity index (χ2v) is 4.32. The molecule has 0 heterocycles. The van der Waals surface area contributed by atoms with Gasteiger partial charge >= 0.3 is 5.97 Å². The molecule has 0 bridgehead atoms. The molecule has 0 aliphatic rings. The molecule has 0 aliphatic carbocycles. The van der Waals surface area contributed by atoms with E-state index in [0.717, 1.165) is 12.5 Å². The molecule has 0 aromatic heterocycles. The summed E-state index contributed by atoms with van der Waals surface area (Å²) in [4.78, 5) is 23.0. The average Bonchev–Trinajstić information content (AvgIpc) is 2.42. The lowest BCUT2D eigenvalue weighted by atomic mass is 10.0. The van der Waals surface area contributed by atoms with Gasteiger partial charge in [0.1, 0.15) is 0 Å². The van der Waals surface area contributed by atoms with E-state index in [1.54, 1.807) is 0 Å². The standard InChI is InChI=1S/C14H18FNO4/c1-3-6-16-11(8-13(17)18)14(19)9-4-5-12(20-2)10(15)7-9/h4-5,7,11,16H,3,6,8H2,1-2H3,(H,17,18). The molecule has 0 spiro atoms. The molecule has 0 saturated heterocycles. The first-order chi connectivity index (χ1) is 9.49. The Morgan fingerprint density at radius 2 is 2.15 bits per heavy atom. The van der Waals surface area contributed by atoms with Gasteiger partial charge in [-0.15, -0.1) is 0 Å². The highest BCUT2D eigenvalue weighted by molar-refractivity contribution is 6.01. The van der Waals surface area contributed by atoms with Crippen LogP contribution in [-0.4, -0.2) is 36.6 Å². The average molecular weight is 283 g/mol. The molecular weight excluding hydrogens is 265 g/mol. The minimum Gasteiger partial charge on any atom is -0.494 e. The Hall–Kier alpha value is -1.95. The van der Waals surface area contributed by atoms with Crippen LogP contribution >= 0.6 is 0 Å². The van der Waals surface area contributed by atoms with Gasteiger partial charge < -0.3 is 15.2 Å². The first kappa shape index (κ1) is 16.1. The van der Waals surface area contributed by atoms with Crippen LogP contribution in [0.2, 0.25) is 0 Å². The van der Waals surface area contributed by atoms with Crippen molar-refractivity contribution in [1.82, 2.24) is 5.32 Å². The lowest BCUT2D eigenvalue weighted by Crippen LogP contribution is -2.39. The lowest BCUT2D eigenvalue weighted by Gasteiger charge is -2.15. The third kappa shape index (κ3) is 4.31. The summed E-state index contributed by atoms with van der Waals surface area (Å²) in [5.74, 6) is -2.14. The van der Waals surface area contributed by atoms with Gasteiger partial charge in [-0.2, -0.15) is 0 Å². The second-order valence-electron chi connectivity index (χ2n) is 4.32. The molecule has 20 heavy (non-hydrogen) atoms. The van der Waals surface area contributed by atoms with Gasteiger partial charge in [0.05, 0.1) is 19.6 Å². The number of hydrogen-bond acceptors (Lipinski definition) is 4. The van der Waals surface area contributed by atoms with Gasteiger partial charge in [0.2, 0.25) is 0 Å². The van der Waals surface area contributed by atoms with Crippen molar-refractivity contribution in [3.05, 3.63) is 29.6 Å². The number of halogens is 1. The number of ether oxygens (including phenoxy) is 1. The molecule has 1 atom stereocenters. The van der Waals surface area contributed by atoms with Gasteiger partial charge in [-0.1, -0.05) is 6.92 Å². The van der Waals surface area contributed by atoms with Gasteiger partial charge in [0.15, 0.2) is 17.3 Å². The fraction of sp³-hybridized carbons (Fsp3) is 0.429. The Morgan fingerprint density at radius 1 is 1.45 bits per heavy atom. The fourth-order valence-electron chi connectivity index (χ4n) is 1.77. The van der Waals surface area contributed by atoms with E-state index >= 15 is 0 Å². The van der Waals surface area contributed by atoms with Crippen molar-refractivity contribution in [1.29, 1.82) is 0 Å². The molecule has 5 nitrogen and oxygen atoms in total. The van der Waals surface area contributed by atoms with Crippen molar-refractivity contribution < 1.29 is 23.8 Å². The highest BCUT2D eigenvalue weighted by Gasteiger charge is 2.23. The molecule has 0 amide bonds. The third-order valence-electron chi connectivity index (χ3n) is 2.77. The third-order valence-corrected chi connectivity index (χ3v) is 2.77. The molecule has 6 heteroatoms. The van der Waals surface area contributed by atoms with Gasteiger partial charge in [-0.25, -0.2) is 4.39 Å². The van der Waals surface area contributed by atoms with Crippen LogP contribution < -0.4 is 10.1 Å². The summed E-state index contributed by atoms with van der Waals surface area (Å²) >= 11 is 0. The number of carboxylic acid groups (broad SMARTS) is 1. The van der Waals surface area contributed by atoms with Crippen LogP contribution in [0.5, 0.6) is 5.75 Å². The number of hydrogen-bond donors (Lipinski definition) is 2. The maximum Gasteiger partial charge on any atom is 0.305 e. The summed E-state index contributed by atoms with van der Waals surface area (Å²) in [5.41, 5.74) is 0.123. The van der Waals surface area contributed by atoms with Crippen LogP contribution in [0, 0.1) is 5.82 Å². The summed E-state index contributed by atoms with van der Waals surface area (Å²) in [6, 6.07) is 2.97. The highest BCUT2D eigenvalue weighted by Crippen LogP contribution is 2.19. The van der Waals surface area contributed by atoms with Crippen molar-refractivity contribution >= 4 is 11.8 Å². The minimum absolute atomic E-state index is 0.0397. The molecule has 0 saturated carbocycles. The van der Waals surface area contributed by atoms with Gasteiger partial charge in [0, 0.05) is 5.56 Å². The SMILES string of the molecule is CCCNC(CC(=O)O)C(=O)c1ccc(OC)c(F)c1. The molecule has 0 aliphatic heterocycles. The zero-order valence-electron chi connectivity index (χ0n) is 11.5. The number of carboxylic acids is 1.